The van der Waals surface area contributed by atoms with E-state index in [1.807, 2.05) is 24.0 Å². The van der Waals surface area contributed by atoms with Crippen LogP contribution in [0.2, 0.25) is 0 Å². The molecule has 16 nitrogen and oxygen atoms in total. The zero-order chi connectivity index (χ0) is 50.6. The van der Waals surface area contributed by atoms with Crippen LogP contribution in [0.25, 0.3) is 44.0 Å². The van der Waals surface area contributed by atoms with E-state index in [-0.39, 0.29) is 52.0 Å². The number of piperazine rings is 1. The second-order valence-corrected chi connectivity index (χ2v) is 22.5. The molecule has 18 heteroatoms. The zero-order valence-electron chi connectivity index (χ0n) is 41.9. The van der Waals surface area contributed by atoms with Gasteiger partial charge in [-0.2, -0.15) is 9.97 Å². The van der Waals surface area contributed by atoms with Crippen LogP contribution in [0.3, 0.4) is 0 Å². The maximum Gasteiger partial charge on any atom is 0.329 e. The zero-order valence-corrected chi connectivity index (χ0v) is 41.9. The predicted octanol–water partition coefficient (Wildman–Crippen LogP) is 6.60. The Balaban J connectivity index is 0.687. The number of aromatic nitrogens is 5. The van der Waals surface area contributed by atoms with Gasteiger partial charge in [-0.3, -0.25) is 33.9 Å². The first-order valence-electron chi connectivity index (χ1n) is 26.3. The average molecular weight is 999 g/mol. The molecule has 73 heavy (non-hydrogen) atoms. The van der Waals surface area contributed by atoms with E-state index in [4.69, 9.17) is 14.7 Å². The van der Waals surface area contributed by atoms with E-state index in [9.17, 15) is 24.6 Å². The third kappa shape index (κ3) is 8.65. The van der Waals surface area contributed by atoms with E-state index < -0.39 is 29.2 Å². The number of fused-ring (bicyclic) bond motifs is 3. The number of aromatic hydroxyl groups is 1. The minimum Gasteiger partial charge on any atom is -0.508 e. The number of amides is 2. The first kappa shape index (κ1) is 47.7. The number of imidazole rings is 1. The molecule has 3 aromatic carbocycles. The number of rotatable bonds is 11. The fraction of sp³-hybridized carbons (Fsp3) is 0.527. The number of piperidine rings is 3. The van der Waals surface area contributed by atoms with Crippen LogP contribution in [0.5, 0.6) is 11.8 Å². The van der Waals surface area contributed by atoms with Crippen LogP contribution < -0.4 is 25.5 Å². The number of aryl methyl sites for hydroxylation is 2. The van der Waals surface area contributed by atoms with Crippen LogP contribution in [0.4, 0.5) is 20.3 Å². The van der Waals surface area contributed by atoms with Crippen molar-refractivity contribution in [1.29, 1.82) is 0 Å². The van der Waals surface area contributed by atoms with Crippen molar-refractivity contribution in [1.82, 2.24) is 39.2 Å². The van der Waals surface area contributed by atoms with Crippen molar-refractivity contribution in [3.05, 3.63) is 76.3 Å². The molecule has 7 heterocycles. The van der Waals surface area contributed by atoms with Gasteiger partial charge in [0.1, 0.15) is 34.6 Å². The number of phenolic OH excluding ortho intramolecular Hbond substituents is 1. The quantitative estimate of drug-likeness (QED) is 0.119. The number of imide groups is 1. The number of carbonyl (C=O) groups excluding carboxylic acids is 2. The highest BCUT2D eigenvalue weighted by Gasteiger charge is 2.51. The molecule has 6 aliphatic rings. The topological polar surface area (TPSA) is 174 Å². The van der Waals surface area contributed by atoms with Gasteiger partial charge in [0.15, 0.2) is 5.82 Å². The standard InChI is InChI=1S/C55H64F2N10O6/c1-4-37-40(56)8-6-33-24-36(68)26-38(45(33)37)47-46(57)48-39(29-58-47)49(66-17-5-12-53(2,72)30-66)61-51(60-48)73-32-55(13-14-55)31-63-18-15-54(16-19-63)27-35(28-54)65-22-20-64(21-23-65)34-7-9-41-43(25-34)62(3)52(71)67(41)42-10-11-44(69)59-50(42)70/h6-9,24-26,29,35,42,68,72H,4-5,10-23,27-28,30-32H2,1-3H3,(H,59,69,70)/t42?,53-/m1/s1. The van der Waals surface area contributed by atoms with Gasteiger partial charge in [0.05, 0.1) is 28.6 Å². The Bertz CT molecular complexity index is 3260. The van der Waals surface area contributed by atoms with Crippen LogP contribution >= 0.6 is 0 Å². The molecule has 1 spiro atoms. The molecular weight excluding hydrogens is 935 g/mol. The highest BCUT2D eigenvalue weighted by atomic mass is 19.1. The number of pyridine rings is 1. The lowest BCUT2D eigenvalue weighted by atomic mass is 9.60. The molecule has 2 atom stereocenters. The van der Waals surface area contributed by atoms with Crippen LogP contribution in [-0.2, 0) is 23.1 Å². The number of hydrogen-bond acceptors (Lipinski definition) is 13. The molecule has 0 bridgehead atoms. The van der Waals surface area contributed by atoms with Gasteiger partial charge in [0.2, 0.25) is 11.8 Å². The number of likely N-dealkylation sites (tertiary alicyclic amines) is 1. The van der Waals surface area contributed by atoms with Crippen LogP contribution in [0.15, 0.2) is 53.5 Å². The third-order valence-electron chi connectivity index (χ3n) is 17.4. The van der Waals surface area contributed by atoms with E-state index in [0.717, 1.165) is 76.3 Å². The number of benzene rings is 3. The maximum absolute atomic E-state index is 17.2. The number of hydrogen-bond donors (Lipinski definition) is 3. The van der Waals surface area contributed by atoms with Crippen molar-refractivity contribution in [3.63, 3.8) is 0 Å². The van der Waals surface area contributed by atoms with Crippen molar-refractivity contribution >= 4 is 56.0 Å². The number of β-amino-alcohol motifs (C(OH)–C–C–N with tert-alkyl or cyclic N) is 1. The molecule has 1 unspecified atom stereocenters. The summed E-state index contributed by atoms with van der Waals surface area (Å²) in [6, 6.07) is 11.9. The van der Waals surface area contributed by atoms with Crippen LogP contribution in [-0.4, -0.2) is 133 Å². The largest absolute Gasteiger partial charge is 0.508 e. The predicted molar refractivity (Wildman–Crippen MR) is 274 cm³/mol. The van der Waals surface area contributed by atoms with E-state index in [0.29, 0.717) is 83.5 Å². The summed E-state index contributed by atoms with van der Waals surface area (Å²) in [5, 5.41) is 25.7. The number of nitrogens with zero attached hydrogens (tertiary/aromatic N) is 9. The number of carbonyl (C=O) groups is 2. The molecule has 0 radical (unpaired) electrons. The Labute approximate surface area is 421 Å². The van der Waals surface area contributed by atoms with E-state index >= 15 is 8.78 Å². The van der Waals surface area contributed by atoms with Gasteiger partial charge >= 0.3 is 11.7 Å². The molecule has 2 amide bonds. The Morgan fingerprint density at radius 1 is 0.890 bits per heavy atom. The molecule has 2 saturated carbocycles. The Kier molecular flexibility index (Phi) is 11.8. The minimum atomic E-state index is -0.966. The van der Waals surface area contributed by atoms with E-state index in [1.54, 1.807) is 30.7 Å². The summed E-state index contributed by atoms with van der Waals surface area (Å²) in [6.45, 7) is 11.7. The molecular formula is C55H64F2N10O6. The maximum atomic E-state index is 17.2. The monoisotopic (exact) mass is 998 g/mol. The first-order chi connectivity index (χ1) is 35.1. The van der Waals surface area contributed by atoms with Gasteiger partial charge in [-0.1, -0.05) is 13.0 Å². The molecule has 2 aliphatic carbocycles. The van der Waals surface area contributed by atoms with Crippen LogP contribution in [0.1, 0.15) is 89.7 Å². The second kappa shape index (κ2) is 18.0. The number of nitrogens with one attached hydrogen (secondary N) is 1. The van der Waals surface area contributed by atoms with Gasteiger partial charge < -0.3 is 29.6 Å². The molecule has 4 aliphatic heterocycles. The first-order valence-corrected chi connectivity index (χ1v) is 26.3. The minimum absolute atomic E-state index is 0.0143. The highest BCUT2D eigenvalue weighted by Crippen LogP contribution is 2.53. The lowest BCUT2D eigenvalue weighted by Crippen LogP contribution is -2.59. The molecule has 4 saturated heterocycles. The Morgan fingerprint density at radius 2 is 1.67 bits per heavy atom. The van der Waals surface area contributed by atoms with Crippen molar-refractivity contribution in [2.75, 3.05) is 75.3 Å². The summed E-state index contributed by atoms with van der Waals surface area (Å²) in [4.78, 5) is 61.6. The van der Waals surface area contributed by atoms with Gasteiger partial charge in [0, 0.05) is 88.2 Å². The Morgan fingerprint density at radius 3 is 2.40 bits per heavy atom. The normalized spacial score (nSPS) is 23.7. The summed E-state index contributed by atoms with van der Waals surface area (Å²) >= 11 is 0. The van der Waals surface area contributed by atoms with Gasteiger partial charge in [-0.05, 0) is 142 Å². The van der Waals surface area contributed by atoms with Gasteiger partial charge in [0.25, 0.3) is 0 Å². The number of phenols is 1. The highest BCUT2D eigenvalue weighted by molar-refractivity contribution is 6.02. The molecule has 384 valence electrons. The molecule has 3 aromatic heterocycles. The van der Waals surface area contributed by atoms with Crippen molar-refractivity contribution in [2.24, 2.45) is 17.9 Å². The van der Waals surface area contributed by atoms with Gasteiger partial charge in [-0.25, -0.2) is 13.6 Å². The average Bonchev–Trinajstić information content (AvgIpc) is 4.09. The molecule has 3 N–H and O–H groups in total. The number of halogens is 2. The molecule has 6 fully saturated rings. The summed E-state index contributed by atoms with van der Waals surface area (Å²) in [7, 11) is 1.74. The van der Waals surface area contributed by atoms with E-state index in [1.165, 1.54) is 48.6 Å². The fourth-order valence-electron chi connectivity index (χ4n) is 13.1. The lowest BCUT2D eigenvalue weighted by molar-refractivity contribution is -0.135. The molecule has 12 rings (SSSR count). The summed E-state index contributed by atoms with van der Waals surface area (Å²) in [5.41, 5.74) is 2.27. The number of anilines is 2. The van der Waals surface area contributed by atoms with Crippen molar-refractivity contribution in [3.8, 4) is 23.0 Å². The van der Waals surface area contributed by atoms with Crippen molar-refractivity contribution in [2.45, 2.75) is 102 Å². The number of aliphatic hydroxyl groups is 1. The van der Waals surface area contributed by atoms with E-state index in [2.05, 4.69) is 31.1 Å². The summed E-state index contributed by atoms with van der Waals surface area (Å²) in [6.07, 6.45) is 10.6. The summed E-state index contributed by atoms with van der Waals surface area (Å²) in [5.74, 6) is -1.51. The SMILES string of the molecule is CCc1c(F)ccc2cc(O)cc(-c3ncc4c(N5CCC[C@@](C)(O)C5)nc(OCC5(CN6CCC7(CC6)CC(N6CCN(c8ccc9c(c8)n(C)c(=O)n9C8CCC(=O)NC8=O)CC6)C7)CC5)nc4c3F)c12. The third-order valence-corrected chi connectivity index (χ3v) is 17.4. The fourth-order valence-corrected chi connectivity index (χ4v) is 13.1. The second-order valence-electron chi connectivity index (χ2n) is 22.5. The smallest absolute Gasteiger partial charge is 0.329 e. The lowest BCUT2D eigenvalue weighted by Gasteiger charge is -2.56. The van der Waals surface area contributed by atoms with Gasteiger partial charge in [-0.15, -0.1) is 0 Å². The molecule has 6 aromatic rings. The summed E-state index contributed by atoms with van der Waals surface area (Å²) < 4.78 is 42.0. The van der Waals surface area contributed by atoms with Crippen molar-refractivity contribution < 1.29 is 33.3 Å². The van der Waals surface area contributed by atoms with Crippen LogP contribution in [0, 0.1) is 22.5 Å². The number of ether oxygens (including phenoxy) is 1. The Hall–Kier alpha value is -6.24.